The second-order valence-electron chi connectivity index (χ2n) is 5.56. The molecular weight excluding hydrogens is 232 g/mol. The molecule has 1 amide bonds. The van der Waals surface area contributed by atoms with E-state index in [0.29, 0.717) is 6.42 Å². The Morgan fingerprint density at radius 3 is 2.67 bits per heavy atom. The molecule has 2 aliphatic carbocycles. The number of carbonyl (C=O) groups excluding carboxylic acids is 1. The Kier molecular flexibility index (Phi) is 3.43. The molecule has 0 bridgehead atoms. The molecule has 1 fully saturated rings. The quantitative estimate of drug-likeness (QED) is 0.643. The first-order valence-electron chi connectivity index (χ1n) is 6.41. The second-order valence-corrected chi connectivity index (χ2v) is 5.56. The number of hydrogen-bond acceptors (Lipinski definition) is 3. The molecule has 0 aromatic rings. The smallest absolute Gasteiger partial charge is 0.310 e. The SMILES string of the molecule is CC1(C(=O)NC2C=CC(C(=O)O)C2)CCCC1N. The van der Waals surface area contributed by atoms with Crippen molar-refractivity contribution in [2.75, 3.05) is 0 Å². The van der Waals surface area contributed by atoms with E-state index in [1.54, 1.807) is 12.2 Å². The fourth-order valence-electron chi connectivity index (χ4n) is 2.80. The number of amides is 1. The summed E-state index contributed by atoms with van der Waals surface area (Å²) in [6.45, 7) is 1.90. The van der Waals surface area contributed by atoms with Crippen molar-refractivity contribution >= 4 is 11.9 Å². The molecule has 1 saturated carbocycles. The van der Waals surface area contributed by atoms with E-state index >= 15 is 0 Å². The van der Waals surface area contributed by atoms with Crippen LogP contribution in [-0.4, -0.2) is 29.1 Å². The first kappa shape index (κ1) is 13.1. The van der Waals surface area contributed by atoms with Gasteiger partial charge in [0, 0.05) is 12.1 Å². The Morgan fingerprint density at radius 2 is 2.17 bits per heavy atom. The van der Waals surface area contributed by atoms with Crippen LogP contribution < -0.4 is 11.1 Å². The molecule has 0 saturated heterocycles. The van der Waals surface area contributed by atoms with E-state index in [1.807, 2.05) is 6.92 Å². The number of aliphatic carboxylic acids is 1. The Morgan fingerprint density at radius 1 is 1.44 bits per heavy atom. The molecule has 4 unspecified atom stereocenters. The van der Waals surface area contributed by atoms with Gasteiger partial charge in [0.2, 0.25) is 5.91 Å². The van der Waals surface area contributed by atoms with Gasteiger partial charge in [-0.15, -0.1) is 0 Å². The largest absolute Gasteiger partial charge is 0.481 e. The van der Waals surface area contributed by atoms with Crippen molar-refractivity contribution < 1.29 is 14.7 Å². The third kappa shape index (κ3) is 2.27. The number of nitrogens with one attached hydrogen (secondary N) is 1. The maximum Gasteiger partial charge on any atom is 0.310 e. The summed E-state index contributed by atoms with van der Waals surface area (Å²) in [4.78, 5) is 23.1. The molecule has 0 aromatic carbocycles. The summed E-state index contributed by atoms with van der Waals surface area (Å²) in [5, 5.41) is 11.8. The number of hydrogen-bond donors (Lipinski definition) is 3. The van der Waals surface area contributed by atoms with Crippen LogP contribution in [0.15, 0.2) is 12.2 Å². The van der Waals surface area contributed by atoms with Crippen LogP contribution in [0.3, 0.4) is 0 Å². The van der Waals surface area contributed by atoms with Gasteiger partial charge in [-0.3, -0.25) is 9.59 Å². The minimum atomic E-state index is -0.841. The number of rotatable bonds is 3. The van der Waals surface area contributed by atoms with Gasteiger partial charge in [0.25, 0.3) is 0 Å². The highest BCUT2D eigenvalue weighted by molar-refractivity contribution is 5.84. The van der Waals surface area contributed by atoms with Crippen LogP contribution in [0, 0.1) is 11.3 Å². The summed E-state index contributed by atoms with van der Waals surface area (Å²) in [6, 6.07) is -0.277. The molecule has 2 rings (SSSR count). The van der Waals surface area contributed by atoms with Crippen LogP contribution in [0.25, 0.3) is 0 Å². The summed E-state index contributed by atoms with van der Waals surface area (Å²) >= 11 is 0. The lowest BCUT2D eigenvalue weighted by Crippen LogP contribution is -2.49. The minimum absolute atomic E-state index is 0.0480. The molecule has 0 spiro atoms. The Labute approximate surface area is 106 Å². The third-order valence-corrected chi connectivity index (χ3v) is 4.27. The zero-order valence-corrected chi connectivity index (χ0v) is 10.6. The highest BCUT2D eigenvalue weighted by Crippen LogP contribution is 2.37. The van der Waals surface area contributed by atoms with Gasteiger partial charge >= 0.3 is 5.97 Å². The summed E-state index contributed by atoms with van der Waals surface area (Å²) in [5.41, 5.74) is 5.49. The van der Waals surface area contributed by atoms with E-state index in [1.165, 1.54) is 0 Å². The summed E-state index contributed by atoms with van der Waals surface area (Å²) in [7, 11) is 0. The van der Waals surface area contributed by atoms with Crippen molar-refractivity contribution in [1.29, 1.82) is 0 Å². The maximum absolute atomic E-state index is 12.2. The number of carbonyl (C=O) groups is 2. The zero-order valence-electron chi connectivity index (χ0n) is 10.6. The standard InChI is InChI=1S/C13H20N2O3/c1-13(6-2-3-10(13)14)12(18)15-9-5-4-8(7-9)11(16)17/h4-5,8-10H,2-3,6-7,14H2,1H3,(H,15,18)(H,16,17). The van der Waals surface area contributed by atoms with Crippen molar-refractivity contribution in [2.24, 2.45) is 17.1 Å². The van der Waals surface area contributed by atoms with Crippen molar-refractivity contribution in [3.63, 3.8) is 0 Å². The van der Waals surface area contributed by atoms with Crippen LogP contribution >= 0.6 is 0 Å². The van der Waals surface area contributed by atoms with Gasteiger partial charge in [0.15, 0.2) is 0 Å². The van der Waals surface area contributed by atoms with Gasteiger partial charge in [0.05, 0.1) is 11.3 Å². The highest BCUT2D eigenvalue weighted by Gasteiger charge is 2.43. The van der Waals surface area contributed by atoms with Crippen LogP contribution in [0.5, 0.6) is 0 Å². The van der Waals surface area contributed by atoms with Crippen molar-refractivity contribution in [1.82, 2.24) is 5.32 Å². The second kappa shape index (κ2) is 4.72. The predicted molar refractivity (Wildman–Crippen MR) is 66.7 cm³/mol. The monoisotopic (exact) mass is 252 g/mol. The molecule has 4 atom stereocenters. The summed E-state index contributed by atoms with van der Waals surface area (Å²) in [5.74, 6) is -1.37. The van der Waals surface area contributed by atoms with Crippen LogP contribution in [0.2, 0.25) is 0 Å². The van der Waals surface area contributed by atoms with Crippen LogP contribution in [0.1, 0.15) is 32.6 Å². The first-order valence-corrected chi connectivity index (χ1v) is 6.41. The molecule has 2 aliphatic rings. The Hall–Kier alpha value is -1.36. The van der Waals surface area contributed by atoms with E-state index in [2.05, 4.69) is 5.32 Å². The predicted octanol–water partition coefficient (Wildman–Crippen LogP) is 0.649. The Bertz CT molecular complexity index is 394. The van der Waals surface area contributed by atoms with Crippen molar-refractivity contribution in [2.45, 2.75) is 44.7 Å². The molecule has 4 N–H and O–H groups in total. The van der Waals surface area contributed by atoms with Gasteiger partial charge in [-0.05, 0) is 26.2 Å². The Balaban J connectivity index is 1.93. The molecule has 100 valence electrons. The maximum atomic E-state index is 12.2. The van der Waals surface area contributed by atoms with E-state index < -0.39 is 17.3 Å². The van der Waals surface area contributed by atoms with E-state index in [-0.39, 0.29) is 18.0 Å². The molecule has 5 nitrogen and oxygen atoms in total. The molecule has 0 aromatic heterocycles. The topological polar surface area (TPSA) is 92.4 Å². The van der Waals surface area contributed by atoms with Gasteiger partial charge in [-0.1, -0.05) is 18.6 Å². The van der Waals surface area contributed by atoms with E-state index in [9.17, 15) is 9.59 Å². The molecule has 0 radical (unpaired) electrons. The molecule has 0 aliphatic heterocycles. The average molecular weight is 252 g/mol. The number of carboxylic acid groups (broad SMARTS) is 1. The van der Waals surface area contributed by atoms with Gasteiger partial charge in [-0.25, -0.2) is 0 Å². The highest BCUT2D eigenvalue weighted by atomic mass is 16.4. The van der Waals surface area contributed by atoms with E-state index in [4.69, 9.17) is 10.8 Å². The van der Waals surface area contributed by atoms with E-state index in [0.717, 1.165) is 19.3 Å². The average Bonchev–Trinajstić information content (AvgIpc) is 2.88. The first-order chi connectivity index (χ1) is 8.43. The lowest BCUT2D eigenvalue weighted by Gasteiger charge is -2.29. The summed E-state index contributed by atoms with van der Waals surface area (Å²) < 4.78 is 0. The third-order valence-electron chi connectivity index (χ3n) is 4.27. The van der Waals surface area contributed by atoms with Gasteiger partial charge < -0.3 is 16.2 Å². The summed E-state index contributed by atoms with van der Waals surface area (Å²) in [6.07, 6.45) is 6.50. The molecule has 5 heteroatoms. The fraction of sp³-hybridized carbons (Fsp3) is 0.692. The zero-order chi connectivity index (χ0) is 13.3. The van der Waals surface area contributed by atoms with Crippen LogP contribution in [0.4, 0.5) is 0 Å². The van der Waals surface area contributed by atoms with Crippen molar-refractivity contribution in [3.05, 3.63) is 12.2 Å². The lowest BCUT2D eigenvalue weighted by molar-refractivity contribution is -0.140. The van der Waals surface area contributed by atoms with Crippen LogP contribution in [-0.2, 0) is 9.59 Å². The molecular formula is C13H20N2O3. The number of nitrogens with two attached hydrogens (primary N) is 1. The number of carboxylic acids is 1. The minimum Gasteiger partial charge on any atom is -0.481 e. The van der Waals surface area contributed by atoms with Crippen molar-refractivity contribution in [3.8, 4) is 0 Å². The molecule has 0 heterocycles. The van der Waals surface area contributed by atoms with Gasteiger partial charge in [-0.2, -0.15) is 0 Å². The normalized spacial score (nSPS) is 38.9. The fourth-order valence-corrected chi connectivity index (χ4v) is 2.80. The molecule has 18 heavy (non-hydrogen) atoms. The van der Waals surface area contributed by atoms with Gasteiger partial charge in [0.1, 0.15) is 0 Å². The lowest BCUT2D eigenvalue weighted by atomic mass is 9.84.